The van der Waals surface area contributed by atoms with Crippen molar-refractivity contribution in [3.05, 3.63) is 70.2 Å². The standard InChI is InChI=1S/C19H17NO3S/c1-12-3-5-14(6-4-12)11-23-16-9-7-15(8-10-16)18-20-13(2)17(24-18)19(21)22/h3-10H,11H2,1-2H3,(H,21,22). The fourth-order valence-electron chi connectivity index (χ4n) is 2.26. The van der Waals surface area contributed by atoms with Gasteiger partial charge in [0.05, 0.1) is 5.69 Å². The van der Waals surface area contributed by atoms with Gasteiger partial charge < -0.3 is 9.84 Å². The predicted octanol–water partition coefficient (Wildman–Crippen LogP) is 4.70. The maximum Gasteiger partial charge on any atom is 0.347 e. The number of carboxylic acids is 1. The van der Waals surface area contributed by atoms with Crippen molar-refractivity contribution in [3.63, 3.8) is 0 Å². The van der Waals surface area contributed by atoms with E-state index in [9.17, 15) is 4.79 Å². The first-order chi connectivity index (χ1) is 11.5. The lowest BCUT2D eigenvalue weighted by Gasteiger charge is -2.07. The maximum atomic E-state index is 11.1. The molecule has 122 valence electrons. The minimum absolute atomic E-state index is 0.282. The molecule has 1 N–H and O–H groups in total. The number of aromatic carboxylic acids is 1. The van der Waals surface area contributed by atoms with Gasteiger partial charge in [0.15, 0.2) is 0 Å². The Hall–Kier alpha value is -2.66. The molecule has 24 heavy (non-hydrogen) atoms. The molecule has 0 radical (unpaired) electrons. The average molecular weight is 339 g/mol. The van der Waals surface area contributed by atoms with E-state index < -0.39 is 5.97 Å². The summed E-state index contributed by atoms with van der Waals surface area (Å²) in [7, 11) is 0. The number of aryl methyl sites for hydroxylation is 2. The monoisotopic (exact) mass is 339 g/mol. The molecule has 0 aliphatic carbocycles. The Bertz CT molecular complexity index is 851. The quantitative estimate of drug-likeness (QED) is 0.732. The summed E-state index contributed by atoms with van der Waals surface area (Å²) < 4.78 is 5.78. The summed E-state index contributed by atoms with van der Waals surface area (Å²) in [6.45, 7) is 4.28. The van der Waals surface area contributed by atoms with E-state index >= 15 is 0 Å². The third-order valence-electron chi connectivity index (χ3n) is 3.62. The van der Waals surface area contributed by atoms with Crippen molar-refractivity contribution in [3.8, 4) is 16.3 Å². The first kappa shape index (κ1) is 16.2. The predicted molar refractivity (Wildman–Crippen MR) is 94.8 cm³/mol. The van der Waals surface area contributed by atoms with E-state index in [1.54, 1.807) is 6.92 Å². The van der Waals surface area contributed by atoms with Crippen molar-refractivity contribution >= 4 is 17.3 Å². The van der Waals surface area contributed by atoms with Crippen molar-refractivity contribution in [1.82, 2.24) is 4.98 Å². The zero-order valence-electron chi connectivity index (χ0n) is 13.4. The van der Waals surface area contributed by atoms with Crippen LogP contribution in [0.1, 0.15) is 26.5 Å². The Balaban J connectivity index is 1.70. The lowest BCUT2D eigenvalue weighted by molar-refractivity contribution is 0.0701. The van der Waals surface area contributed by atoms with Gasteiger partial charge in [-0.1, -0.05) is 29.8 Å². The van der Waals surface area contributed by atoms with Gasteiger partial charge in [0.25, 0.3) is 0 Å². The number of carboxylic acid groups (broad SMARTS) is 1. The SMILES string of the molecule is Cc1ccc(COc2ccc(-c3nc(C)c(C(=O)O)s3)cc2)cc1. The van der Waals surface area contributed by atoms with Crippen LogP contribution >= 0.6 is 11.3 Å². The molecule has 0 aliphatic rings. The Labute approximate surface area is 144 Å². The van der Waals surface area contributed by atoms with Crippen molar-refractivity contribution in [2.75, 3.05) is 0 Å². The molecule has 2 aromatic carbocycles. The molecule has 0 saturated carbocycles. The van der Waals surface area contributed by atoms with Crippen LogP contribution in [0.5, 0.6) is 5.75 Å². The molecule has 3 aromatic rings. The molecule has 4 nitrogen and oxygen atoms in total. The fraction of sp³-hybridized carbons (Fsp3) is 0.158. The molecule has 0 atom stereocenters. The van der Waals surface area contributed by atoms with E-state index in [2.05, 4.69) is 36.2 Å². The summed E-state index contributed by atoms with van der Waals surface area (Å²) in [5.74, 6) is -0.166. The third-order valence-corrected chi connectivity index (χ3v) is 4.81. The summed E-state index contributed by atoms with van der Waals surface area (Å²) in [6, 6.07) is 15.8. The third kappa shape index (κ3) is 3.63. The van der Waals surface area contributed by atoms with E-state index in [4.69, 9.17) is 9.84 Å². The van der Waals surface area contributed by atoms with Gasteiger partial charge in [-0.15, -0.1) is 11.3 Å². The molecule has 0 spiro atoms. The van der Waals surface area contributed by atoms with E-state index in [0.717, 1.165) is 16.9 Å². The molecule has 0 aliphatic heterocycles. The summed E-state index contributed by atoms with van der Waals surface area (Å²) in [5, 5.41) is 9.82. The number of rotatable bonds is 5. The first-order valence-corrected chi connectivity index (χ1v) is 8.34. The zero-order valence-corrected chi connectivity index (χ0v) is 14.3. The van der Waals surface area contributed by atoms with Gasteiger partial charge in [-0.3, -0.25) is 0 Å². The van der Waals surface area contributed by atoms with Crippen molar-refractivity contribution in [2.45, 2.75) is 20.5 Å². The van der Waals surface area contributed by atoms with Crippen LogP contribution in [0.15, 0.2) is 48.5 Å². The van der Waals surface area contributed by atoms with Gasteiger partial charge in [0.1, 0.15) is 22.2 Å². The maximum absolute atomic E-state index is 11.1. The topological polar surface area (TPSA) is 59.4 Å². The normalized spacial score (nSPS) is 10.6. The van der Waals surface area contributed by atoms with E-state index in [0.29, 0.717) is 17.3 Å². The molecule has 1 heterocycles. The molecule has 5 heteroatoms. The number of aromatic nitrogens is 1. The molecule has 0 bridgehead atoms. The number of thiazole rings is 1. The van der Waals surface area contributed by atoms with Crippen LogP contribution in [0, 0.1) is 13.8 Å². The number of nitrogens with zero attached hydrogens (tertiary/aromatic N) is 1. The first-order valence-electron chi connectivity index (χ1n) is 7.52. The summed E-state index contributed by atoms with van der Waals surface area (Å²) in [4.78, 5) is 15.7. The van der Waals surface area contributed by atoms with E-state index in [1.807, 2.05) is 24.3 Å². The Morgan fingerprint density at radius 2 is 1.75 bits per heavy atom. The van der Waals surface area contributed by atoms with Gasteiger partial charge in [-0.2, -0.15) is 0 Å². The summed E-state index contributed by atoms with van der Waals surface area (Å²) in [6.07, 6.45) is 0. The second kappa shape index (κ2) is 6.84. The number of hydrogen-bond acceptors (Lipinski definition) is 4. The summed E-state index contributed by atoms with van der Waals surface area (Å²) >= 11 is 1.19. The zero-order chi connectivity index (χ0) is 17.1. The number of carbonyl (C=O) groups is 1. The molecule has 0 saturated heterocycles. The van der Waals surface area contributed by atoms with Gasteiger partial charge in [-0.05, 0) is 43.7 Å². The van der Waals surface area contributed by atoms with Crippen LogP contribution in [0.2, 0.25) is 0 Å². The van der Waals surface area contributed by atoms with Crippen LogP contribution in [-0.2, 0) is 6.61 Å². The van der Waals surface area contributed by atoms with Crippen LogP contribution in [-0.4, -0.2) is 16.1 Å². The van der Waals surface area contributed by atoms with Gasteiger partial charge >= 0.3 is 5.97 Å². The highest BCUT2D eigenvalue weighted by Crippen LogP contribution is 2.29. The molecule has 0 amide bonds. The number of benzene rings is 2. The Kier molecular flexibility index (Phi) is 4.62. The van der Waals surface area contributed by atoms with Crippen LogP contribution in [0.3, 0.4) is 0 Å². The highest BCUT2D eigenvalue weighted by atomic mass is 32.1. The van der Waals surface area contributed by atoms with Crippen molar-refractivity contribution in [1.29, 1.82) is 0 Å². The van der Waals surface area contributed by atoms with Crippen LogP contribution < -0.4 is 4.74 Å². The molecular weight excluding hydrogens is 322 g/mol. The molecular formula is C19H17NO3S. The lowest BCUT2D eigenvalue weighted by atomic mass is 10.2. The number of hydrogen-bond donors (Lipinski definition) is 1. The molecule has 0 unspecified atom stereocenters. The second-order valence-electron chi connectivity index (χ2n) is 5.54. The van der Waals surface area contributed by atoms with Gasteiger partial charge in [0.2, 0.25) is 0 Å². The Morgan fingerprint density at radius 3 is 2.33 bits per heavy atom. The van der Waals surface area contributed by atoms with Crippen LogP contribution in [0.4, 0.5) is 0 Å². The van der Waals surface area contributed by atoms with E-state index in [1.165, 1.54) is 16.9 Å². The molecule has 0 fully saturated rings. The summed E-state index contributed by atoms with van der Waals surface area (Å²) in [5.41, 5.74) is 3.77. The highest BCUT2D eigenvalue weighted by Gasteiger charge is 2.14. The minimum Gasteiger partial charge on any atom is -0.489 e. The largest absolute Gasteiger partial charge is 0.489 e. The van der Waals surface area contributed by atoms with Gasteiger partial charge in [0, 0.05) is 5.56 Å². The number of ether oxygens (including phenoxy) is 1. The van der Waals surface area contributed by atoms with Crippen LogP contribution in [0.25, 0.3) is 10.6 Å². The molecule has 1 aromatic heterocycles. The smallest absolute Gasteiger partial charge is 0.347 e. The lowest BCUT2D eigenvalue weighted by Crippen LogP contribution is -1.95. The van der Waals surface area contributed by atoms with Gasteiger partial charge in [-0.25, -0.2) is 9.78 Å². The fourth-order valence-corrected chi connectivity index (χ4v) is 3.17. The second-order valence-corrected chi connectivity index (χ2v) is 6.54. The Morgan fingerprint density at radius 1 is 1.08 bits per heavy atom. The van der Waals surface area contributed by atoms with E-state index in [-0.39, 0.29) is 4.88 Å². The average Bonchev–Trinajstić information content (AvgIpc) is 2.97. The highest BCUT2D eigenvalue weighted by molar-refractivity contribution is 7.17. The molecule has 3 rings (SSSR count). The van der Waals surface area contributed by atoms with Crippen molar-refractivity contribution < 1.29 is 14.6 Å². The minimum atomic E-state index is -0.936. The van der Waals surface area contributed by atoms with Crippen molar-refractivity contribution in [2.24, 2.45) is 0 Å².